The normalized spacial score (nSPS) is 13.0. The molecule has 0 saturated heterocycles. The monoisotopic (exact) mass is 225 g/mol. The van der Waals surface area contributed by atoms with Gasteiger partial charge in [-0.05, 0) is 13.5 Å². The lowest BCUT2D eigenvalue weighted by molar-refractivity contribution is -0.139. The van der Waals surface area contributed by atoms with Crippen molar-refractivity contribution in [2.45, 2.75) is 38.8 Å². The summed E-state index contributed by atoms with van der Waals surface area (Å²) in [6.07, 6.45) is 4.20. The van der Waals surface area contributed by atoms with Crippen molar-refractivity contribution in [3.05, 3.63) is 18.2 Å². The summed E-state index contributed by atoms with van der Waals surface area (Å²) in [6.45, 7) is 4.82. The van der Waals surface area contributed by atoms with Crippen LogP contribution >= 0.6 is 0 Å². The molecule has 1 aromatic rings. The van der Waals surface area contributed by atoms with E-state index in [2.05, 4.69) is 24.1 Å². The lowest BCUT2D eigenvalue weighted by Gasteiger charge is -2.14. The number of carboxylic acid groups (broad SMARTS) is 1. The number of hydrogen-bond acceptors (Lipinski definition) is 3. The van der Waals surface area contributed by atoms with Crippen LogP contribution in [0.5, 0.6) is 0 Å². The van der Waals surface area contributed by atoms with Gasteiger partial charge in [0.05, 0.1) is 0 Å². The number of hydrogen-bond donors (Lipinski definition) is 2. The summed E-state index contributed by atoms with van der Waals surface area (Å²) < 4.78 is 2.01. The Morgan fingerprint density at radius 2 is 2.31 bits per heavy atom. The van der Waals surface area contributed by atoms with Gasteiger partial charge < -0.3 is 15.0 Å². The topological polar surface area (TPSA) is 67.2 Å². The Balaban J connectivity index is 2.60. The Morgan fingerprint density at radius 1 is 1.62 bits per heavy atom. The van der Waals surface area contributed by atoms with E-state index < -0.39 is 12.0 Å². The second-order valence-corrected chi connectivity index (χ2v) is 4.10. The van der Waals surface area contributed by atoms with E-state index in [4.69, 9.17) is 5.11 Å². The van der Waals surface area contributed by atoms with E-state index in [9.17, 15) is 4.79 Å². The van der Waals surface area contributed by atoms with Crippen LogP contribution in [0.3, 0.4) is 0 Å². The maximum Gasteiger partial charge on any atom is 0.320 e. The third kappa shape index (κ3) is 3.06. The first-order valence-electron chi connectivity index (χ1n) is 5.47. The van der Waals surface area contributed by atoms with Crippen LogP contribution in [0.2, 0.25) is 0 Å². The standard InChI is InChI=1S/C11H19N3O2/c1-8(2)10-13-5-7-14(10)6-4-9(12-3)11(15)16/h5,7-9,12H,4,6H2,1-3H3,(H,15,16). The van der Waals surface area contributed by atoms with Crippen LogP contribution in [0.4, 0.5) is 0 Å². The van der Waals surface area contributed by atoms with Crippen LogP contribution in [0.15, 0.2) is 12.4 Å². The Hall–Kier alpha value is -1.36. The zero-order valence-corrected chi connectivity index (χ0v) is 9.97. The lowest BCUT2D eigenvalue weighted by atomic mass is 10.2. The molecule has 1 heterocycles. The molecule has 90 valence electrons. The molecule has 0 aliphatic rings. The minimum Gasteiger partial charge on any atom is -0.480 e. The highest BCUT2D eigenvalue weighted by Crippen LogP contribution is 2.12. The largest absolute Gasteiger partial charge is 0.480 e. The van der Waals surface area contributed by atoms with Crippen molar-refractivity contribution in [1.82, 2.24) is 14.9 Å². The van der Waals surface area contributed by atoms with Gasteiger partial charge in [0.25, 0.3) is 0 Å². The second kappa shape index (κ2) is 5.65. The zero-order valence-electron chi connectivity index (χ0n) is 9.97. The molecular formula is C11H19N3O2. The van der Waals surface area contributed by atoms with Crippen LogP contribution < -0.4 is 5.32 Å². The fourth-order valence-electron chi connectivity index (χ4n) is 1.67. The van der Waals surface area contributed by atoms with Gasteiger partial charge in [-0.25, -0.2) is 4.98 Å². The highest BCUT2D eigenvalue weighted by Gasteiger charge is 2.15. The lowest BCUT2D eigenvalue weighted by Crippen LogP contribution is -2.34. The molecule has 1 unspecified atom stereocenters. The third-order valence-electron chi connectivity index (χ3n) is 2.57. The molecule has 0 aliphatic carbocycles. The number of imidazole rings is 1. The summed E-state index contributed by atoms with van der Waals surface area (Å²) in [7, 11) is 1.66. The summed E-state index contributed by atoms with van der Waals surface area (Å²) >= 11 is 0. The number of nitrogens with one attached hydrogen (secondary N) is 1. The van der Waals surface area contributed by atoms with Gasteiger partial charge in [0.1, 0.15) is 11.9 Å². The fraction of sp³-hybridized carbons (Fsp3) is 0.636. The fourth-order valence-corrected chi connectivity index (χ4v) is 1.67. The van der Waals surface area contributed by atoms with Gasteiger partial charge in [-0.2, -0.15) is 0 Å². The summed E-state index contributed by atoms with van der Waals surface area (Å²) in [4.78, 5) is 15.1. The molecule has 16 heavy (non-hydrogen) atoms. The van der Waals surface area contributed by atoms with Gasteiger partial charge in [0.15, 0.2) is 0 Å². The number of carbonyl (C=O) groups is 1. The van der Waals surface area contributed by atoms with Crippen molar-refractivity contribution >= 4 is 5.97 Å². The van der Waals surface area contributed by atoms with Gasteiger partial charge in [-0.1, -0.05) is 13.8 Å². The molecule has 0 fully saturated rings. The summed E-state index contributed by atoms with van der Waals surface area (Å²) in [5, 5.41) is 11.7. The number of aryl methyl sites for hydroxylation is 1. The van der Waals surface area contributed by atoms with Gasteiger partial charge in [0.2, 0.25) is 0 Å². The zero-order chi connectivity index (χ0) is 12.1. The molecule has 0 aliphatic heterocycles. The van der Waals surface area contributed by atoms with Crippen molar-refractivity contribution in [2.24, 2.45) is 0 Å². The maximum atomic E-state index is 10.8. The van der Waals surface area contributed by atoms with E-state index in [0.717, 1.165) is 5.82 Å². The average Bonchev–Trinajstić information content (AvgIpc) is 2.66. The van der Waals surface area contributed by atoms with E-state index in [1.807, 2.05) is 10.8 Å². The van der Waals surface area contributed by atoms with Crippen LogP contribution in [-0.4, -0.2) is 33.7 Å². The van der Waals surface area contributed by atoms with Crippen molar-refractivity contribution in [3.8, 4) is 0 Å². The Labute approximate surface area is 95.5 Å². The summed E-state index contributed by atoms with van der Waals surface area (Å²) in [5.74, 6) is 0.543. The first-order valence-corrected chi connectivity index (χ1v) is 5.47. The van der Waals surface area contributed by atoms with Gasteiger partial charge >= 0.3 is 5.97 Å². The van der Waals surface area contributed by atoms with Gasteiger partial charge in [-0.3, -0.25) is 4.79 Å². The van der Waals surface area contributed by atoms with Gasteiger partial charge in [-0.15, -0.1) is 0 Å². The van der Waals surface area contributed by atoms with Crippen molar-refractivity contribution in [1.29, 1.82) is 0 Å². The SMILES string of the molecule is CNC(CCn1ccnc1C(C)C)C(=O)O. The Kier molecular flexibility index (Phi) is 4.49. The predicted octanol–water partition coefficient (Wildman–Crippen LogP) is 1.07. The quantitative estimate of drug-likeness (QED) is 0.760. The minimum absolute atomic E-state index is 0.355. The van der Waals surface area contributed by atoms with Crippen LogP contribution in [-0.2, 0) is 11.3 Å². The molecule has 0 amide bonds. The Morgan fingerprint density at radius 3 is 2.81 bits per heavy atom. The molecule has 0 bridgehead atoms. The molecule has 0 aromatic carbocycles. The minimum atomic E-state index is -0.811. The van der Waals surface area contributed by atoms with Crippen LogP contribution in [0, 0.1) is 0 Å². The molecule has 0 spiro atoms. The first-order chi connectivity index (χ1) is 7.56. The van der Waals surface area contributed by atoms with Gasteiger partial charge in [0, 0.05) is 24.9 Å². The molecule has 1 rings (SSSR count). The highest BCUT2D eigenvalue weighted by molar-refractivity contribution is 5.73. The molecule has 2 N–H and O–H groups in total. The van der Waals surface area contributed by atoms with E-state index in [-0.39, 0.29) is 0 Å². The van der Waals surface area contributed by atoms with Crippen molar-refractivity contribution in [2.75, 3.05) is 7.05 Å². The van der Waals surface area contributed by atoms with Crippen LogP contribution in [0.1, 0.15) is 32.0 Å². The van der Waals surface area contributed by atoms with E-state index in [0.29, 0.717) is 18.9 Å². The molecule has 0 saturated carbocycles. The molecule has 1 aromatic heterocycles. The molecular weight excluding hydrogens is 206 g/mol. The number of likely N-dealkylation sites (N-methyl/N-ethyl adjacent to an activating group) is 1. The van der Waals surface area contributed by atoms with Crippen molar-refractivity contribution in [3.63, 3.8) is 0 Å². The smallest absolute Gasteiger partial charge is 0.320 e. The number of aliphatic carboxylic acids is 1. The predicted molar refractivity (Wildman–Crippen MR) is 61.4 cm³/mol. The average molecular weight is 225 g/mol. The molecule has 5 heteroatoms. The molecule has 5 nitrogen and oxygen atoms in total. The number of nitrogens with zero attached hydrogens (tertiary/aromatic N) is 2. The summed E-state index contributed by atoms with van der Waals surface area (Å²) in [5.41, 5.74) is 0. The maximum absolute atomic E-state index is 10.8. The first kappa shape index (κ1) is 12.7. The number of carboxylic acids is 1. The van der Waals surface area contributed by atoms with E-state index in [1.165, 1.54) is 0 Å². The second-order valence-electron chi connectivity index (χ2n) is 4.10. The third-order valence-corrected chi connectivity index (χ3v) is 2.57. The number of rotatable bonds is 6. The molecule has 0 radical (unpaired) electrons. The summed E-state index contributed by atoms with van der Waals surface area (Å²) in [6, 6.07) is -0.498. The number of aromatic nitrogens is 2. The Bertz CT molecular complexity index is 347. The molecule has 1 atom stereocenters. The van der Waals surface area contributed by atoms with E-state index >= 15 is 0 Å². The van der Waals surface area contributed by atoms with Crippen molar-refractivity contribution < 1.29 is 9.90 Å². The van der Waals surface area contributed by atoms with Crippen LogP contribution in [0.25, 0.3) is 0 Å². The van der Waals surface area contributed by atoms with E-state index in [1.54, 1.807) is 13.2 Å². The highest BCUT2D eigenvalue weighted by atomic mass is 16.4.